The van der Waals surface area contributed by atoms with Crippen LogP contribution in [0.3, 0.4) is 0 Å². The largest absolute Gasteiger partial charge is 0.455 e. The zero-order chi connectivity index (χ0) is 27.9. The van der Waals surface area contributed by atoms with Gasteiger partial charge in [-0.15, -0.1) is 0 Å². The first-order valence-electron chi connectivity index (χ1n) is 14.3. The highest BCUT2D eigenvalue weighted by molar-refractivity contribution is 6.15. The van der Waals surface area contributed by atoms with E-state index < -0.39 is 0 Å². The van der Waals surface area contributed by atoms with Crippen molar-refractivity contribution >= 4 is 49.8 Å². The molecule has 8 aromatic rings. The van der Waals surface area contributed by atoms with Gasteiger partial charge >= 0.3 is 0 Å². The van der Waals surface area contributed by atoms with Crippen LogP contribution < -0.4 is 4.90 Å². The quantitative estimate of drug-likeness (QED) is 0.217. The minimum Gasteiger partial charge on any atom is -0.455 e. The van der Waals surface area contributed by atoms with Gasteiger partial charge in [0, 0.05) is 33.2 Å². The lowest BCUT2D eigenvalue weighted by Gasteiger charge is -2.26. The third-order valence-corrected chi connectivity index (χ3v) is 8.07. The van der Waals surface area contributed by atoms with Gasteiger partial charge in [-0.2, -0.15) is 0 Å². The van der Waals surface area contributed by atoms with Gasteiger partial charge < -0.3 is 9.32 Å². The zero-order valence-corrected chi connectivity index (χ0v) is 22.9. The number of para-hydroxylation sites is 1. The fraction of sp³-hybridized carbons (Fsp3) is 0. The summed E-state index contributed by atoms with van der Waals surface area (Å²) in [6.45, 7) is 0. The molecule has 2 heteroatoms. The number of rotatable bonds is 5. The van der Waals surface area contributed by atoms with Crippen LogP contribution in [0.1, 0.15) is 0 Å². The fourth-order valence-electron chi connectivity index (χ4n) is 5.94. The molecule has 0 unspecified atom stereocenters. The monoisotopic (exact) mass is 537 g/mol. The zero-order valence-electron chi connectivity index (χ0n) is 22.9. The summed E-state index contributed by atoms with van der Waals surface area (Å²) in [6, 6.07) is 57.9. The summed E-state index contributed by atoms with van der Waals surface area (Å²) < 4.78 is 6.44. The molecular weight excluding hydrogens is 510 g/mol. The molecule has 2 nitrogen and oxygen atoms in total. The van der Waals surface area contributed by atoms with Gasteiger partial charge in [0.05, 0.1) is 0 Å². The maximum Gasteiger partial charge on any atom is 0.143 e. The highest BCUT2D eigenvalue weighted by atomic mass is 16.3. The topological polar surface area (TPSA) is 16.4 Å². The molecule has 8 rings (SSSR count). The standard InChI is InChI=1S/C40H27NO/c1-3-9-28(10-4-1)29-15-21-34(22-16-29)41(33-12-5-2-6-13-33)35-23-17-30(18-24-35)32-20-25-37-38-26-19-31-11-7-8-14-36(31)40(38)42-39(37)27-32/h1-27H. The summed E-state index contributed by atoms with van der Waals surface area (Å²) in [5, 5.41) is 4.64. The molecule has 198 valence electrons. The molecule has 0 radical (unpaired) electrons. The van der Waals surface area contributed by atoms with Crippen LogP contribution in [0, 0.1) is 0 Å². The highest BCUT2D eigenvalue weighted by Crippen LogP contribution is 2.38. The van der Waals surface area contributed by atoms with Crippen LogP contribution in [-0.2, 0) is 0 Å². The van der Waals surface area contributed by atoms with Crippen LogP contribution in [0.2, 0.25) is 0 Å². The molecule has 0 fully saturated rings. The van der Waals surface area contributed by atoms with Crippen molar-refractivity contribution in [3.8, 4) is 22.3 Å². The number of furan rings is 1. The Morgan fingerprint density at radius 3 is 1.60 bits per heavy atom. The third kappa shape index (κ3) is 4.22. The highest BCUT2D eigenvalue weighted by Gasteiger charge is 2.14. The molecule has 0 aliphatic heterocycles. The Kier molecular flexibility index (Phi) is 5.82. The van der Waals surface area contributed by atoms with E-state index in [1.165, 1.54) is 16.5 Å². The second-order valence-corrected chi connectivity index (χ2v) is 10.6. The van der Waals surface area contributed by atoms with Crippen LogP contribution >= 0.6 is 0 Å². The molecule has 0 bridgehead atoms. The van der Waals surface area contributed by atoms with Crippen molar-refractivity contribution in [2.24, 2.45) is 0 Å². The second kappa shape index (κ2) is 10.1. The van der Waals surface area contributed by atoms with E-state index in [0.29, 0.717) is 0 Å². The van der Waals surface area contributed by atoms with Crippen molar-refractivity contribution in [3.05, 3.63) is 164 Å². The van der Waals surface area contributed by atoms with Gasteiger partial charge in [0.2, 0.25) is 0 Å². The lowest BCUT2D eigenvalue weighted by Crippen LogP contribution is -2.09. The Bertz CT molecular complexity index is 2160. The van der Waals surface area contributed by atoms with Gasteiger partial charge in [0.15, 0.2) is 0 Å². The van der Waals surface area contributed by atoms with Crippen LogP contribution in [0.5, 0.6) is 0 Å². The van der Waals surface area contributed by atoms with E-state index in [0.717, 1.165) is 55.5 Å². The van der Waals surface area contributed by atoms with Gasteiger partial charge in [0.1, 0.15) is 11.2 Å². The third-order valence-electron chi connectivity index (χ3n) is 8.07. The number of nitrogens with zero attached hydrogens (tertiary/aromatic N) is 1. The first-order valence-corrected chi connectivity index (χ1v) is 14.3. The Morgan fingerprint density at radius 1 is 0.357 bits per heavy atom. The molecule has 1 aromatic heterocycles. The van der Waals surface area contributed by atoms with Crippen molar-refractivity contribution in [3.63, 3.8) is 0 Å². The van der Waals surface area contributed by atoms with E-state index in [1.807, 2.05) is 0 Å². The summed E-state index contributed by atoms with van der Waals surface area (Å²) >= 11 is 0. The van der Waals surface area contributed by atoms with Gasteiger partial charge in [-0.1, -0.05) is 109 Å². The lowest BCUT2D eigenvalue weighted by molar-refractivity contribution is 0.673. The smallest absolute Gasteiger partial charge is 0.143 e. The molecule has 7 aromatic carbocycles. The maximum atomic E-state index is 6.44. The van der Waals surface area contributed by atoms with Crippen molar-refractivity contribution in [2.75, 3.05) is 4.90 Å². The lowest BCUT2D eigenvalue weighted by atomic mass is 10.0. The molecule has 0 saturated heterocycles. The summed E-state index contributed by atoms with van der Waals surface area (Å²) in [5.74, 6) is 0. The first-order chi connectivity index (χ1) is 20.8. The summed E-state index contributed by atoms with van der Waals surface area (Å²) in [7, 11) is 0. The minimum atomic E-state index is 0.910. The molecule has 0 atom stereocenters. The van der Waals surface area contributed by atoms with Crippen LogP contribution in [-0.4, -0.2) is 0 Å². The Balaban J connectivity index is 1.16. The van der Waals surface area contributed by atoms with Crippen molar-refractivity contribution in [2.45, 2.75) is 0 Å². The Morgan fingerprint density at radius 2 is 0.881 bits per heavy atom. The fourth-order valence-corrected chi connectivity index (χ4v) is 5.94. The molecule has 0 spiro atoms. The molecule has 1 heterocycles. The first kappa shape index (κ1) is 24.2. The number of hydrogen-bond acceptors (Lipinski definition) is 2. The summed E-state index contributed by atoms with van der Waals surface area (Å²) in [4.78, 5) is 2.30. The summed E-state index contributed by atoms with van der Waals surface area (Å²) in [5.41, 5.74) is 9.91. The van der Waals surface area contributed by atoms with Crippen molar-refractivity contribution in [1.29, 1.82) is 0 Å². The SMILES string of the molecule is c1ccc(-c2ccc(N(c3ccccc3)c3ccc(-c4ccc5c(c4)oc4c6ccccc6ccc54)cc3)cc2)cc1. The van der Waals surface area contributed by atoms with Crippen molar-refractivity contribution in [1.82, 2.24) is 0 Å². The molecule has 0 N–H and O–H groups in total. The van der Waals surface area contributed by atoms with E-state index in [4.69, 9.17) is 4.42 Å². The Labute approximate surface area is 244 Å². The van der Waals surface area contributed by atoms with Gasteiger partial charge in [0.25, 0.3) is 0 Å². The van der Waals surface area contributed by atoms with Crippen LogP contribution in [0.4, 0.5) is 17.1 Å². The van der Waals surface area contributed by atoms with Gasteiger partial charge in [-0.3, -0.25) is 0 Å². The number of hydrogen-bond donors (Lipinski definition) is 0. The number of anilines is 3. The van der Waals surface area contributed by atoms with Gasteiger partial charge in [-0.05, 0) is 82.2 Å². The number of fused-ring (bicyclic) bond motifs is 5. The predicted octanol–water partition coefficient (Wildman–Crippen LogP) is 11.5. The normalized spacial score (nSPS) is 11.3. The van der Waals surface area contributed by atoms with E-state index in [-0.39, 0.29) is 0 Å². The van der Waals surface area contributed by atoms with Crippen LogP contribution in [0.25, 0.3) is 55.0 Å². The molecule has 0 amide bonds. The minimum absolute atomic E-state index is 0.910. The molecule has 42 heavy (non-hydrogen) atoms. The average Bonchev–Trinajstić information content (AvgIpc) is 3.45. The van der Waals surface area contributed by atoms with E-state index in [2.05, 4.69) is 169 Å². The van der Waals surface area contributed by atoms with Crippen molar-refractivity contribution < 1.29 is 4.42 Å². The molecule has 0 aliphatic carbocycles. The number of benzene rings is 7. The predicted molar refractivity (Wildman–Crippen MR) is 177 cm³/mol. The van der Waals surface area contributed by atoms with E-state index in [9.17, 15) is 0 Å². The molecule has 0 saturated carbocycles. The summed E-state index contributed by atoms with van der Waals surface area (Å²) in [6.07, 6.45) is 0. The maximum absolute atomic E-state index is 6.44. The molecule has 0 aliphatic rings. The second-order valence-electron chi connectivity index (χ2n) is 10.6. The van der Waals surface area contributed by atoms with E-state index >= 15 is 0 Å². The van der Waals surface area contributed by atoms with Crippen LogP contribution in [0.15, 0.2) is 168 Å². The Hall–Kier alpha value is -5.60. The van der Waals surface area contributed by atoms with E-state index in [1.54, 1.807) is 0 Å². The molecular formula is C40H27NO. The van der Waals surface area contributed by atoms with Gasteiger partial charge in [-0.25, -0.2) is 0 Å². The average molecular weight is 538 g/mol.